The number of amides is 1. The topological polar surface area (TPSA) is 131 Å². The molecule has 0 spiro atoms. The Kier molecular flexibility index (Phi) is 5.72. The highest BCUT2D eigenvalue weighted by Gasteiger charge is 2.23. The molecule has 1 aromatic carbocycles. The molecule has 9 heteroatoms. The van der Waals surface area contributed by atoms with E-state index in [9.17, 15) is 19.5 Å². The van der Waals surface area contributed by atoms with Gasteiger partial charge in [0.05, 0.1) is 11.5 Å². The number of aryl methyl sites for hydroxylation is 1. The lowest BCUT2D eigenvalue weighted by atomic mass is 10.0. The van der Waals surface area contributed by atoms with Crippen LogP contribution in [0.5, 0.6) is 11.5 Å². The number of hydrogen-bond donors (Lipinski definition) is 3. The molecule has 2 aromatic heterocycles. The Balaban J connectivity index is 2.18. The van der Waals surface area contributed by atoms with Crippen molar-refractivity contribution in [1.29, 1.82) is 0 Å². The molecule has 0 unspecified atom stereocenters. The molecular formula is C21H21N3O6. The SMILES string of the molecule is CC(C)Oc1ccccc1-c1cnc2c(c1)c(O)c(C(=O)NCC(=O)O)c(=O)n2C. The zero-order chi connectivity index (χ0) is 22.0. The van der Waals surface area contributed by atoms with Crippen LogP contribution in [0.2, 0.25) is 0 Å². The molecule has 9 nitrogen and oxygen atoms in total. The molecule has 2 heterocycles. The Bertz CT molecular complexity index is 1200. The number of ether oxygens (including phenoxy) is 1. The van der Waals surface area contributed by atoms with Crippen molar-refractivity contribution >= 4 is 22.9 Å². The second kappa shape index (κ2) is 8.24. The Hall–Kier alpha value is -3.88. The van der Waals surface area contributed by atoms with Crippen molar-refractivity contribution in [2.45, 2.75) is 20.0 Å². The van der Waals surface area contributed by atoms with Gasteiger partial charge in [0.2, 0.25) is 0 Å². The minimum atomic E-state index is -1.27. The van der Waals surface area contributed by atoms with E-state index in [4.69, 9.17) is 9.84 Å². The number of rotatable bonds is 6. The summed E-state index contributed by atoms with van der Waals surface area (Å²) in [7, 11) is 1.42. The number of aromatic hydroxyl groups is 1. The molecule has 30 heavy (non-hydrogen) atoms. The normalized spacial score (nSPS) is 10.9. The van der Waals surface area contributed by atoms with Gasteiger partial charge in [-0.3, -0.25) is 19.0 Å². The minimum Gasteiger partial charge on any atom is -0.506 e. The van der Waals surface area contributed by atoms with Crippen LogP contribution in [0.1, 0.15) is 24.2 Å². The maximum absolute atomic E-state index is 12.6. The van der Waals surface area contributed by atoms with Gasteiger partial charge in [0.15, 0.2) is 0 Å². The molecule has 0 aliphatic rings. The van der Waals surface area contributed by atoms with Crippen molar-refractivity contribution in [3.63, 3.8) is 0 Å². The Labute approximate surface area is 171 Å². The molecule has 156 valence electrons. The van der Waals surface area contributed by atoms with E-state index in [0.717, 1.165) is 10.1 Å². The van der Waals surface area contributed by atoms with E-state index in [1.165, 1.54) is 7.05 Å². The number of pyridine rings is 2. The van der Waals surface area contributed by atoms with E-state index in [1.807, 2.05) is 38.1 Å². The van der Waals surface area contributed by atoms with Gasteiger partial charge < -0.3 is 20.3 Å². The van der Waals surface area contributed by atoms with Crippen molar-refractivity contribution < 1.29 is 24.5 Å². The molecule has 1 amide bonds. The van der Waals surface area contributed by atoms with Crippen LogP contribution in [0.3, 0.4) is 0 Å². The molecule has 0 bridgehead atoms. The molecule has 3 rings (SSSR count). The minimum absolute atomic E-state index is 0.0571. The summed E-state index contributed by atoms with van der Waals surface area (Å²) in [6.45, 7) is 3.12. The summed E-state index contributed by atoms with van der Waals surface area (Å²) in [5, 5.41) is 21.7. The number of fused-ring (bicyclic) bond motifs is 1. The number of carboxylic acid groups (broad SMARTS) is 1. The second-order valence-corrected chi connectivity index (χ2v) is 6.92. The number of carboxylic acids is 1. The molecule has 0 aliphatic heterocycles. The van der Waals surface area contributed by atoms with Crippen LogP contribution >= 0.6 is 0 Å². The van der Waals surface area contributed by atoms with Crippen LogP contribution in [0, 0.1) is 0 Å². The third-order valence-corrected chi connectivity index (χ3v) is 4.38. The van der Waals surface area contributed by atoms with E-state index < -0.39 is 35.3 Å². The van der Waals surface area contributed by atoms with Gasteiger partial charge in [-0.15, -0.1) is 0 Å². The molecule has 0 saturated heterocycles. The Morgan fingerprint density at radius 2 is 1.97 bits per heavy atom. The molecule has 0 fully saturated rings. The summed E-state index contributed by atoms with van der Waals surface area (Å²) in [4.78, 5) is 39.9. The summed E-state index contributed by atoms with van der Waals surface area (Å²) in [6, 6.07) is 8.92. The quantitative estimate of drug-likeness (QED) is 0.565. The number of hydrogen-bond acceptors (Lipinski definition) is 6. The molecule has 0 saturated carbocycles. The van der Waals surface area contributed by atoms with Gasteiger partial charge in [-0.1, -0.05) is 18.2 Å². The molecule has 0 radical (unpaired) electrons. The number of aliphatic carboxylic acids is 1. The van der Waals surface area contributed by atoms with E-state index in [1.54, 1.807) is 12.3 Å². The van der Waals surface area contributed by atoms with E-state index in [2.05, 4.69) is 10.3 Å². The van der Waals surface area contributed by atoms with E-state index in [0.29, 0.717) is 11.3 Å². The summed E-state index contributed by atoms with van der Waals surface area (Å²) < 4.78 is 6.97. The van der Waals surface area contributed by atoms with Crippen molar-refractivity contribution in [1.82, 2.24) is 14.9 Å². The van der Waals surface area contributed by atoms with Gasteiger partial charge in [-0.25, -0.2) is 4.98 Å². The highest BCUT2D eigenvalue weighted by atomic mass is 16.5. The fourth-order valence-corrected chi connectivity index (χ4v) is 3.06. The molecule has 3 N–H and O–H groups in total. The van der Waals surface area contributed by atoms with Crippen molar-refractivity contribution in [3.8, 4) is 22.6 Å². The lowest BCUT2D eigenvalue weighted by Gasteiger charge is -2.15. The number of benzene rings is 1. The first kappa shape index (κ1) is 20.8. The highest BCUT2D eigenvalue weighted by molar-refractivity contribution is 6.03. The first-order valence-electron chi connectivity index (χ1n) is 9.18. The number of para-hydroxylation sites is 1. The summed E-state index contributed by atoms with van der Waals surface area (Å²) in [5.41, 5.74) is 0.192. The summed E-state index contributed by atoms with van der Waals surface area (Å²) >= 11 is 0. The van der Waals surface area contributed by atoms with Crippen LogP contribution < -0.4 is 15.6 Å². The van der Waals surface area contributed by atoms with Gasteiger partial charge >= 0.3 is 5.97 Å². The largest absolute Gasteiger partial charge is 0.506 e. The van der Waals surface area contributed by atoms with Gasteiger partial charge in [-0.2, -0.15) is 0 Å². The molecule has 0 aliphatic carbocycles. The van der Waals surface area contributed by atoms with E-state index >= 15 is 0 Å². The fourth-order valence-electron chi connectivity index (χ4n) is 3.06. The highest BCUT2D eigenvalue weighted by Crippen LogP contribution is 2.34. The zero-order valence-electron chi connectivity index (χ0n) is 16.7. The summed E-state index contributed by atoms with van der Waals surface area (Å²) in [6.07, 6.45) is 1.49. The van der Waals surface area contributed by atoms with Gasteiger partial charge in [0, 0.05) is 24.4 Å². The van der Waals surface area contributed by atoms with Crippen LogP contribution in [0.25, 0.3) is 22.2 Å². The number of nitrogens with one attached hydrogen (secondary N) is 1. The lowest BCUT2D eigenvalue weighted by Crippen LogP contribution is -2.35. The number of nitrogens with zero attached hydrogens (tertiary/aromatic N) is 2. The Morgan fingerprint density at radius 1 is 1.27 bits per heavy atom. The maximum atomic E-state index is 12.6. The smallest absolute Gasteiger partial charge is 0.322 e. The fraction of sp³-hybridized carbons (Fsp3) is 0.238. The van der Waals surface area contributed by atoms with Gasteiger partial charge in [0.1, 0.15) is 29.3 Å². The van der Waals surface area contributed by atoms with Crippen LogP contribution in [-0.4, -0.2) is 44.3 Å². The molecule has 0 atom stereocenters. The number of carbonyl (C=O) groups excluding carboxylic acids is 1. The average molecular weight is 411 g/mol. The van der Waals surface area contributed by atoms with Gasteiger partial charge in [0.25, 0.3) is 11.5 Å². The number of aromatic nitrogens is 2. The summed E-state index contributed by atoms with van der Waals surface area (Å²) in [5.74, 6) is -2.19. The Morgan fingerprint density at radius 3 is 2.63 bits per heavy atom. The van der Waals surface area contributed by atoms with Gasteiger partial charge in [-0.05, 0) is 26.0 Å². The monoisotopic (exact) mass is 411 g/mol. The van der Waals surface area contributed by atoms with E-state index in [-0.39, 0.29) is 17.1 Å². The lowest BCUT2D eigenvalue weighted by molar-refractivity contribution is -0.135. The third kappa shape index (κ3) is 3.95. The van der Waals surface area contributed by atoms with Crippen LogP contribution in [-0.2, 0) is 11.8 Å². The standard InChI is InChI=1S/C21H21N3O6/c1-11(2)30-15-7-5-4-6-13(15)12-8-14-18(27)17(20(28)23-10-16(25)26)21(29)24(3)19(14)22-9-12/h4-9,11,27H,10H2,1-3H3,(H,23,28)(H,25,26). The third-order valence-electron chi connectivity index (χ3n) is 4.38. The van der Waals surface area contributed by atoms with Crippen molar-refractivity contribution in [2.24, 2.45) is 7.05 Å². The van der Waals surface area contributed by atoms with Crippen LogP contribution in [0.4, 0.5) is 0 Å². The molecule has 3 aromatic rings. The number of carbonyl (C=O) groups is 2. The van der Waals surface area contributed by atoms with Crippen molar-refractivity contribution in [3.05, 3.63) is 52.4 Å². The van der Waals surface area contributed by atoms with Crippen LogP contribution in [0.15, 0.2) is 41.3 Å². The average Bonchev–Trinajstić information content (AvgIpc) is 2.70. The van der Waals surface area contributed by atoms with Crippen molar-refractivity contribution in [2.75, 3.05) is 6.54 Å². The zero-order valence-corrected chi connectivity index (χ0v) is 16.7. The maximum Gasteiger partial charge on any atom is 0.322 e. The second-order valence-electron chi connectivity index (χ2n) is 6.92. The first-order chi connectivity index (χ1) is 14.2. The first-order valence-corrected chi connectivity index (χ1v) is 9.18. The molecular weight excluding hydrogens is 390 g/mol. The predicted octanol–water partition coefficient (Wildman–Crippen LogP) is 1.91. The predicted molar refractivity (Wildman–Crippen MR) is 110 cm³/mol.